The first-order chi connectivity index (χ1) is 18.5. The monoisotopic (exact) mass is 514 g/mol. The normalized spacial score (nSPS) is 12.0. The standard InChI is InChI=1S/C30H27FN2O5/c1-21(23-7-9-24(10-8-23)28-4-2-3-17-32-28)33-37-19-18-36-26-13-5-22(6-14-26)20-29(30(34)35)38-27-15-11-25(31)12-16-27/h2-17,29H,18-20H2,1H3,(H,34,35)/b33-21-/t29-/m0/s1. The number of carboxylic acids is 1. The van der Waals surface area contributed by atoms with Crippen LogP contribution in [0, 0.1) is 5.82 Å². The zero-order valence-corrected chi connectivity index (χ0v) is 20.8. The summed E-state index contributed by atoms with van der Waals surface area (Å²) >= 11 is 0. The highest BCUT2D eigenvalue weighted by atomic mass is 19.1. The Morgan fingerprint density at radius 2 is 1.63 bits per heavy atom. The van der Waals surface area contributed by atoms with Crippen molar-refractivity contribution in [2.45, 2.75) is 19.4 Å². The minimum absolute atomic E-state index is 0.146. The smallest absolute Gasteiger partial charge is 0.345 e. The highest BCUT2D eigenvalue weighted by molar-refractivity contribution is 5.98. The number of aliphatic carboxylic acids is 1. The van der Waals surface area contributed by atoms with Crippen LogP contribution in [0.4, 0.5) is 4.39 Å². The van der Waals surface area contributed by atoms with Gasteiger partial charge in [-0.1, -0.05) is 47.6 Å². The number of nitrogens with zero attached hydrogens (tertiary/aromatic N) is 2. The van der Waals surface area contributed by atoms with Crippen molar-refractivity contribution >= 4 is 11.7 Å². The van der Waals surface area contributed by atoms with Crippen LogP contribution in [0.2, 0.25) is 0 Å². The number of pyridine rings is 1. The Morgan fingerprint density at radius 3 is 2.29 bits per heavy atom. The summed E-state index contributed by atoms with van der Waals surface area (Å²) in [6.07, 6.45) is 0.808. The third kappa shape index (κ3) is 7.64. The highest BCUT2D eigenvalue weighted by Crippen LogP contribution is 2.19. The predicted molar refractivity (Wildman–Crippen MR) is 142 cm³/mol. The molecular formula is C30H27FN2O5. The number of halogens is 1. The van der Waals surface area contributed by atoms with E-state index >= 15 is 0 Å². The Kier molecular flexibility index (Phi) is 9.02. The Balaban J connectivity index is 1.21. The lowest BCUT2D eigenvalue weighted by molar-refractivity contribution is -0.145. The van der Waals surface area contributed by atoms with Crippen LogP contribution in [0.5, 0.6) is 11.5 Å². The maximum absolute atomic E-state index is 13.1. The van der Waals surface area contributed by atoms with Crippen molar-refractivity contribution in [1.29, 1.82) is 0 Å². The van der Waals surface area contributed by atoms with Gasteiger partial charge in [-0.05, 0) is 66.6 Å². The van der Waals surface area contributed by atoms with Gasteiger partial charge in [0, 0.05) is 18.2 Å². The number of oxime groups is 1. The van der Waals surface area contributed by atoms with Gasteiger partial charge in [-0.3, -0.25) is 4.98 Å². The topological polar surface area (TPSA) is 90.2 Å². The van der Waals surface area contributed by atoms with Crippen LogP contribution >= 0.6 is 0 Å². The summed E-state index contributed by atoms with van der Waals surface area (Å²) in [5.41, 5.74) is 4.40. The molecule has 0 saturated heterocycles. The van der Waals surface area contributed by atoms with Crippen LogP contribution in [0.3, 0.4) is 0 Å². The van der Waals surface area contributed by atoms with Gasteiger partial charge in [-0.2, -0.15) is 0 Å². The lowest BCUT2D eigenvalue weighted by Crippen LogP contribution is -2.29. The van der Waals surface area contributed by atoms with Gasteiger partial charge in [0.2, 0.25) is 0 Å². The van der Waals surface area contributed by atoms with Crippen LogP contribution in [0.1, 0.15) is 18.1 Å². The first-order valence-corrected chi connectivity index (χ1v) is 12.0. The number of hydrogen-bond donors (Lipinski definition) is 1. The molecule has 194 valence electrons. The summed E-state index contributed by atoms with van der Waals surface area (Å²) in [6, 6.07) is 26.0. The zero-order valence-electron chi connectivity index (χ0n) is 20.8. The van der Waals surface area contributed by atoms with Gasteiger partial charge in [0.1, 0.15) is 23.9 Å². The average Bonchev–Trinajstić information content (AvgIpc) is 2.95. The van der Waals surface area contributed by atoms with E-state index in [1.54, 1.807) is 30.5 Å². The van der Waals surface area contributed by atoms with Crippen LogP contribution < -0.4 is 9.47 Å². The Hall–Kier alpha value is -4.72. The maximum Gasteiger partial charge on any atom is 0.345 e. The first-order valence-electron chi connectivity index (χ1n) is 12.0. The fraction of sp³-hybridized carbons (Fsp3) is 0.167. The molecule has 0 aliphatic carbocycles. The van der Waals surface area contributed by atoms with E-state index in [1.165, 1.54) is 24.3 Å². The molecule has 0 amide bonds. The minimum atomic E-state index is -1.10. The van der Waals surface area contributed by atoms with Crippen LogP contribution in [-0.2, 0) is 16.1 Å². The van der Waals surface area contributed by atoms with Crippen molar-refractivity contribution in [3.05, 3.63) is 114 Å². The summed E-state index contributed by atoms with van der Waals surface area (Å²) in [5, 5.41) is 13.7. The molecule has 1 atom stereocenters. The first kappa shape index (κ1) is 26.3. The van der Waals surface area contributed by atoms with Crippen molar-refractivity contribution in [2.24, 2.45) is 5.16 Å². The summed E-state index contributed by atoms with van der Waals surface area (Å²) in [4.78, 5) is 21.4. The molecule has 7 nitrogen and oxygen atoms in total. The molecule has 0 unspecified atom stereocenters. The lowest BCUT2D eigenvalue weighted by atomic mass is 10.1. The fourth-order valence-electron chi connectivity index (χ4n) is 3.60. The highest BCUT2D eigenvalue weighted by Gasteiger charge is 2.20. The average molecular weight is 515 g/mol. The molecule has 1 aromatic heterocycles. The molecule has 0 fully saturated rings. The molecule has 1 heterocycles. The number of hydrogen-bond acceptors (Lipinski definition) is 6. The van der Waals surface area contributed by atoms with Crippen LogP contribution in [0.25, 0.3) is 11.3 Å². The SMILES string of the molecule is C/C(=N/OCCOc1ccc(C[C@H](Oc2ccc(F)cc2)C(=O)O)cc1)c1ccc(-c2ccccn2)cc1. The molecule has 4 rings (SSSR count). The summed E-state index contributed by atoms with van der Waals surface area (Å²) in [6.45, 7) is 2.43. The van der Waals surface area contributed by atoms with Gasteiger partial charge in [0.15, 0.2) is 12.7 Å². The van der Waals surface area contributed by atoms with Crippen molar-refractivity contribution in [3.63, 3.8) is 0 Å². The molecule has 4 aromatic rings. The van der Waals surface area contributed by atoms with Crippen LogP contribution in [-0.4, -0.2) is 41.1 Å². The van der Waals surface area contributed by atoms with E-state index < -0.39 is 17.9 Å². The molecule has 0 bridgehead atoms. The van der Waals surface area contributed by atoms with Crippen LogP contribution in [0.15, 0.2) is 102 Å². The number of carboxylic acid groups (broad SMARTS) is 1. The Labute approximate surface area is 220 Å². The Bertz CT molecular complexity index is 1340. The summed E-state index contributed by atoms with van der Waals surface area (Å²) in [5.74, 6) is -0.613. The van der Waals surface area contributed by atoms with E-state index in [9.17, 15) is 14.3 Å². The van der Waals surface area contributed by atoms with E-state index in [-0.39, 0.29) is 18.8 Å². The Morgan fingerprint density at radius 1 is 0.921 bits per heavy atom. The lowest BCUT2D eigenvalue weighted by Gasteiger charge is -2.15. The maximum atomic E-state index is 13.1. The van der Waals surface area contributed by atoms with Crippen molar-refractivity contribution < 1.29 is 28.6 Å². The van der Waals surface area contributed by atoms with Gasteiger partial charge in [0.05, 0.1) is 11.4 Å². The largest absolute Gasteiger partial charge is 0.490 e. The molecule has 0 aliphatic rings. The number of carbonyl (C=O) groups is 1. The second-order valence-electron chi connectivity index (χ2n) is 8.40. The summed E-state index contributed by atoms with van der Waals surface area (Å²) in [7, 11) is 0. The van der Waals surface area contributed by atoms with Gasteiger partial charge in [0.25, 0.3) is 0 Å². The number of rotatable bonds is 12. The van der Waals surface area contributed by atoms with E-state index in [4.69, 9.17) is 14.3 Å². The molecular weight excluding hydrogens is 487 g/mol. The predicted octanol–water partition coefficient (Wildman–Crippen LogP) is 5.78. The van der Waals surface area contributed by atoms with E-state index in [1.807, 2.05) is 49.4 Å². The summed E-state index contributed by atoms with van der Waals surface area (Å²) < 4.78 is 24.3. The molecule has 1 N–H and O–H groups in total. The third-order valence-corrected chi connectivity index (χ3v) is 5.62. The van der Waals surface area contributed by atoms with E-state index in [2.05, 4.69) is 10.1 Å². The van der Waals surface area contributed by atoms with E-state index in [0.717, 1.165) is 28.1 Å². The van der Waals surface area contributed by atoms with Gasteiger partial charge in [-0.15, -0.1) is 0 Å². The van der Waals surface area contributed by atoms with Crippen molar-refractivity contribution in [3.8, 4) is 22.8 Å². The molecule has 0 radical (unpaired) electrons. The van der Waals surface area contributed by atoms with Gasteiger partial charge < -0.3 is 19.4 Å². The molecule has 0 aliphatic heterocycles. The van der Waals surface area contributed by atoms with Crippen molar-refractivity contribution in [1.82, 2.24) is 4.98 Å². The third-order valence-electron chi connectivity index (χ3n) is 5.62. The molecule has 0 spiro atoms. The number of ether oxygens (including phenoxy) is 2. The quantitative estimate of drug-likeness (QED) is 0.146. The second kappa shape index (κ2) is 13.0. The van der Waals surface area contributed by atoms with Gasteiger partial charge >= 0.3 is 5.97 Å². The van der Waals surface area contributed by atoms with E-state index in [0.29, 0.717) is 12.4 Å². The second-order valence-corrected chi connectivity index (χ2v) is 8.40. The minimum Gasteiger partial charge on any atom is -0.490 e. The molecule has 0 saturated carbocycles. The molecule has 38 heavy (non-hydrogen) atoms. The fourth-order valence-corrected chi connectivity index (χ4v) is 3.60. The molecule has 8 heteroatoms. The van der Waals surface area contributed by atoms with Crippen molar-refractivity contribution in [2.75, 3.05) is 13.2 Å². The van der Waals surface area contributed by atoms with Gasteiger partial charge in [-0.25, -0.2) is 9.18 Å². The number of aromatic nitrogens is 1. The number of benzene rings is 3. The molecule has 3 aromatic carbocycles. The zero-order chi connectivity index (χ0) is 26.7.